The second-order valence-electron chi connectivity index (χ2n) is 4.12. The van der Waals surface area contributed by atoms with Crippen LogP contribution in [0.25, 0.3) is 0 Å². The van der Waals surface area contributed by atoms with Gasteiger partial charge in [-0.25, -0.2) is 4.79 Å². The number of anilines is 1. The quantitative estimate of drug-likeness (QED) is 0.326. The van der Waals surface area contributed by atoms with E-state index in [1.807, 2.05) is 0 Å². The van der Waals surface area contributed by atoms with E-state index in [9.17, 15) is 15.0 Å². The van der Waals surface area contributed by atoms with Gasteiger partial charge in [-0.2, -0.15) is 0 Å². The Hall–Kier alpha value is -2.15. The predicted molar refractivity (Wildman–Crippen MR) is 77.9 cm³/mol. The average Bonchev–Trinajstić information content (AvgIpc) is 2.36. The van der Waals surface area contributed by atoms with E-state index in [1.54, 1.807) is 13.8 Å². The third-order valence-corrected chi connectivity index (χ3v) is 2.97. The molecule has 5 N–H and O–H groups in total. The third-order valence-electron chi connectivity index (χ3n) is 2.61. The van der Waals surface area contributed by atoms with Crippen molar-refractivity contribution in [1.82, 2.24) is 10.6 Å². The van der Waals surface area contributed by atoms with Gasteiger partial charge in [0, 0.05) is 13.6 Å². The molecule has 0 unspecified atom stereocenters. The summed E-state index contributed by atoms with van der Waals surface area (Å²) in [5, 5.41) is 31.4. The zero-order valence-electron chi connectivity index (χ0n) is 11.4. The van der Waals surface area contributed by atoms with E-state index in [1.165, 1.54) is 13.1 Å². The summed E-state index contributed by atoms with van der Waals surface area (Å²) in [7, 11) is 1.44. The van der Waals surface area contributed by atoms with Gasteiger partial charge in [0.1, 0.15) is 5.02 Å². The Morgan fingerprint density at radius 2 is 2.10 bits per heavy atom. The number of phenols is 2. The number of aryl methyl sites for hydroxylation is 1. The van der Waals surface area contributed by atoms with Gasteiger partial charge in [-0.05, 0) is 25.5 Å². The van der Waals surface area contributed by atoms with Crippen LogP contribution in [0.2, 0.25) is 5.02 Å². The summed E-state index contributed by atoms with van der Waals surface area (Å²) >= 11 is 5.94. The minimum absolute atomic E-state index is 0.130. The Morgan fingerprint density at radius 1 is 1.50 bits per heavy atom. The monoisotopic (exact) mass is 300 g/mol. The first-order valence-electron chi connectivity index (χ1n) is 5.87. The molecule has 7 nitrogen and oxygen atoms in total. The number of nitrogens with zero attached hydrogens (tertiary/aromatic N) is 1. The smallest absolute Gasteiger partial charge is 0.328 e. The van der Waals surface area contributed by atoms with Gasteiger partial charge in [-0.15, -0.1) is 0 Å². The van der Waals surface area contributed by atoms with Crippen LogP contribution in [0.5, 0.6) is 11.5 Å². The van der Waals surface area contributed by atoms with E-state index in [-0.39, 0.29) is 22.4 Å². The van der Waals surface area contributed by atoms with Crippen molar-refractivity contribution in [3.8, 4) is 11.5 Å². The van der Waals surface area contributed by atoms with Crippen LogP contribution in [0.1, 0.15) is 12.5 Å². The Labute approximate surface area is 121 Å². The Bertz CT molecular complexity index is 548. The molecular formula is C12H17ClN4O3. The topological polar surface area (TPSA) is 109 Å². The molecule has 0 aliphatic rings. The maximum atomic E-state index is 12.0. The van der Waals surface area contributed by atoms with Crippen LogP contribution in [0.15, 0.2) is 6.07 Å². The van der Waals surface area contributed by atoms with E-state index in [2.05, 4.69) is 10.6 Å². The van der Waals surface area contributed by atoms with E-state index in [4.69, 9.17) is 17.0 Å². The molecule has 0 spiro atoms. The van der Waals surface area contributed by atoms with Gasteiger partial charge in [0.05, 0.1) is 5.69 Å². The lowest BCUT2D eigenvalue weighted by Gasteiger charge is -2.22. The molecule has 1 aromatic carbocycles. The molecule has 0 fully saturated rings. The van der Waals surface area contributed by atoms with Crippen molar-refractivity contribution in [3.63, 3.8) is 0 Å². The summed E-state index contributed by atoms with van der Waals surface area (Å²) in [6.45, 7) is 3.94. The number of nitrogens with one attached hydrogen (secondary N) is 3. The molecule has 0 aliphatic heterocycles. The molecule has 0 radical (unpaired) electrons. The van der Waals surface area contributed by atoms with Gasteiger partial charge >= 0.3 is 6.03 Å². The fourth-order valence-corrected chi connectivity index (χ4v) is 2.04. The van der Waals surface area contributed by atoms with Gasteiger partial charge in [0.15, 0.2) is 17.5 Å². The Morgan fingerprint density at radius 3 is 2.65 bits per heavy atom. The van der Waals surface area contributed by atoms with Crippen molar-refractivity contribution in [3.05, 3.63) is 16.7 Å². The number of urea groups is 1. The molecule has 0 aliphatic carbocycles. The molecule has 0 atom stereocenters. The molecule has 1 aromatic rings. The Kier molecular flexibility index (Phi) is 5.04. The number of carbonyl (C=O) groups is 1. The summed E-state index contributed by atoms with van der Waals surface area (Å²) in [6, 6.07) is 0.710. The molecule has 0 saturated carbocycles. The lowest BCUT2D eigenvalue weighted by Crippen LogP contribution is -2.46. The molecule has 0 aromatic heterocycles. The molecule has 110 valence electrons. The molecule has 2 amide bonds. The van der Waals surface area contributed by atoms with E-state index < -0.39 is 11.8 Å². The average molecular weight is 301 g/mol. The molecule has 20 heavy (non-hydrogen) atoms. The fourth-order valence-electron chi connectivity index (χ4n) is 1.66. The number of carbonyl (C=O) groups excluding carboxylic acids is 1. The first-order valence-corrected chi connectivity index (χ1v) is 6.25. The minimum atomic E-state index is -0.592. The van der Waals surface area contributed by atoms with Crippen molar-refractivity contribution in [2.75, 3.05) is 18.5 Å². The summed E-state index contributed by atoms with van der Waals surface area (Å²) in [4.78, 5) is 13.1. The molecular weight excluding hydrogens is 284 g/mol. The minimum Gasteiger partial charge on any atom is -0.504 e. The van der Waals surface area contributed by atoms with Crippen molar-refractivity contribution in [2.45, 2.75) is 13.8 Å². The highest BCUT2D eigenvalue weighted by Crippen LogP contribution is 2.42. The van der Waals surface area contributed by atoms with Crippen LogP contribution in [0.3, 0.4) is 0 Å². The number of phenolic OH excluding ortho intramolecular Hbond substituents is 2. The lowest BCUT2D eigenvalue weighted by molar-refractivity contribution is 0.251. The van der Waals surface area contributed by atoms with Crippen LogP contribution in [-0.4, -0.2) is 35.8 Å². The van der Waals surface area contributed by atoms with Gasteiger partial charge in [0.25, 0.3) is 0 Å². The number of guanidine groups is 1. The molecule has 0 heterocycles. The standard InChI is InChI=1S/C12H17ClN4O3/c1-4-15-11(14)16-12(20)17(3)9-6(2)5-7(18)10(19)8(9)13/h5,18-19H,4H2,1-3H3,(H3,14,15,16,20). The number of hydrogen-bond donors (Lipinski definition) is 5. The zero-order valence-corrected chi connectivity index (χ0v) is 12.2. The van der Waals surface area contributed by atoms with Crippen molar-refractivity contribution < 1.29 is 15.0 Å². The maximum Gasteiger partial charge on any atom is 0.328 e. The number of aromatic hydroxyl groups is 2. The highest BCUT2D eigenvalue weighted by atomic mass is 35.5. The van der Waals surface area contributed by atoms with Crippen LogP contribution < -0.4 is 15.5 Å². The van der Waals surface area contributed by atoms with E-state index in [0.29, 0.717) is 12.1 Å². The van der Waals surface area contributed by atoms with Crippen LogP contribution in [0, 0.1) is 12.3 Å². The number of benzene rings is 1. The molecule has 0 saturated heterocycles. The van der Waals surface area contributed by atoms with Gasteiger partial charge in [-0.3, -0.25) is 15.6 Å². The maximum absolute atomic E-state index is 12.0. The summed E-state index contributed by atoms with van der Waals surface area (Å²) in [6.07, 6.45) is 0. The first-order chi connectivity index (χ1) is 9.29. The highest BCUT2D eigenvalue weighted by molar-refractivity contribution is 6.35. The fraction of sp³-hybridized carbons (Fsp3) is 0.333. The van der Waals surface area contributed by atoms with Crippen molar-refractivity contribution in [2.24, 2.45) is 0 Å². The summed E-state index contributed by atoms with van der Waals surface area (Å²) in [5.41, 5.74) is 0.765. The van der Waals surface area contributed by atoms with Gasteiger partial charge < -0.3 is 15.5 Å². The van der Waals surface area contributed by atoms with E-state index in [0.717, 1.165) is 4.90 Å². The van der Waals surface area contributed by atoms with Crippen LogP contribution in [0.4, 0.5) is 10.5 Å². The number of amides is 2. The molecule has 0 bridgehead atoms. The van der Waals surface area contributed by atoms with Crippen LogP contribution in [-0.2, 0) is 0 Å². The van der Waals surface area contributed by atoms with Gasteiger partial charge in [0.2, 0.25) is 0 Å². The summed E-state index contributed by atoms with van der Waals surface area (Å²) < 4.78 is 0. The number of halogens is 1. The molecule has 1 rings (SSSR count). The second kappa shape index (κ2) is 6.33. The Balaban J connectivity index is 3.03. The summed E-state index contributed by atoms with van der Waals surface area (Å²) in [5.74, 6) is -0.986. The first kappa shape index (κ1) is 15.9. The number of rotatable bonds is 2. The SMILES string of the molecule is CCNC(=N)NC(=O)N(C)c1c(C)cc(O)c(O)c1Cl. The highest BCUT2D eigenvalue weighted by Gasteiger charge is 2.21. The van der Waals surface area contributed by atoms with Crippen molar-refractivity contribution >= 4 is 29.3 Å². The van der Waals surface area contributed by atoms with Crippen LogP contribution >= 0.6 is 11.6 Å². The third kappa shape index (κ3) is 3.24. The van der Waals surface area contributed by atoms with Crippen molar-refractivity contribution in [1.29, 1.82) is 5.41 Å². The predicted octanol–water partition coefficient (Wildman–Crippen LogP) is 1.75. The zero-order chi connectivity index (χ0) is 15.4. The normalized spacial score (nSPS) is 10.0. The largest absolute Gasteiger partial charge is 0.504 e. The lowest BCUT2D eigenvalue weighted by atomic mass is 10.1. The molecule has 8 heteroatoms. The van der Waals surface area contributed by atoms with Gasteiger partial charge in [-0.1, -0.05) is 11.6 Å². The second-order valence-corrected chi connectivity index (χ2v) is 4.50. The van der Waals surface area contributed by atoms with E-state index >= 15 is 0 Å². The number of hydrogen-bond acceptors (Lipinski definition) is 4.